The van der Waals surface area contributed by atoms with Gasteiger partial charge in [0, 0.05) is 12.6 Å². The van der Waals surface area contributed by atoms with E-state index in [9.17, 15) is 23.1 Å². The maximum Gasteiger partial charge on any atom is 0.348 e. The number of sulfone groups is 1. The van der Waals surface area contributed by atoms with Crippen molar-refractivity contribution in [3.63, 3.8) is 0 Å². The number of nitrogens with zero attached hydrogens (tertiary/aromatic N) is 1. The molecule has 1 fully saturated rings. The van der Waals surface area contributed by atoms with Gasteiger partial charge in [-0.25, -0.2) is 13.2 Å². The molecule has 0 aliphatic carbocycles. The number of hydrogen-bond acceptors (Lipinski definition) is 6. The van der Waals surface area contributed by atoms with Crippen molar-refractivity contribution >= 4 is 21.7 Å². The largest absolute Gasteiger partial charge is 0.453 e. The van der Waals surface area contributed by atoms with E-state index < -0.39 is 40.0 Å². The van der Waals surface area contributed by atoms with Crippen molar-refractivity contribution in [1.82, 2.24) is 4.90 Å². The molecule has 1 amide bonds. The van der Waals surface area contributed by atoms with Crippen molar-refractivity contribution in [2.45, 2.75) is 31.9 Å². The molecule has 1 N–H and O–H groups in total. The summed E-state index contributed by atoms with van der Waals surface area (Å²) in [6.07, 6.45) is 0.368. The van der Waals surface area contributed by atoms with Crippen molar-refractivity contribution in [1.29, 1.82) is 0 Å². The Kier molecular flexibility index (Phi) is 7.36. The number of ether oxygens (including phenoxy) is 1. The van der Waals surface area contributed by atoms with Gasteiger partial charge in [0.2, 0.25) is 5.60 Å². The summed E-state index contributed by atoms with van der Waals surface area (Å²) in [5.41, 5.74) is -1.43. The average Bonchev–Trinajstić information content (AvgIpc) is 3.15. The highest BCUT2D eigenvalue weighted by Gasteiger charge is 2.42. The third-order valence-electron chi connectivity index (χ3n) is 5.54. The molecular formula is C24H29NO6S. The molecule has 1 atom stereocenters. The minimum Gasteiger partial charge on any atom is -0.453 e. The fraction of sp³-hybridized carbons (Fsp3) is 0.417. The highest BCUT2D eigenvalue weighted by atomic mass is 32.2. The Balaban J connectivity index is 1.80. The third kappa shape index (κ3) is 5.37. The van der Waals surface area contributed by atoms with Gasteiger partial charge >= 0.3 is 5.97 Å². The fourth-order valence-electron chi connectivity index (χ4n) is 3.94. The molecule has 0 spiro atoms. The minimum absolute atomic E-state index is 0.0428. The third-order valence-corrected chi connectivity index (χ3v) is 7.29. The second-order valence-electron chi connectivity index (χ2n) is 8.52. The molecule has 1 aliphatic rings. The molecule has 1 aliphatic heterocycles. The number of rotatable bonds is 8. The molecule has 0 bridgehead atoms. The maximum atomic E-state index is 13.1. The van der Waals surface area contributed by atoms with Crippen LogP contribution in [-0.2, 0) is 29.8 Å². The smallest absolute Gasteiger partial charge is 0.348 e. The number of benzene rings is 2. The van der Waals surface area contributed by atoms with Crippen LogP contribution in [0.4, 0.5) is 0 Å². The van der Waals surface area contributed by atoms with Gasteiger partial charge in [-0.15, -0.1) is 0 Å². The van der Waals surface area contributed by atoms with Crippen LogP contribution < -0.4 is 0 Å². The van der Waals surface area contributed by atoms with Crippen molar-refractivity contribution in [3.8, 4) is 0 Å². The van der Waals surface area contributed by atoms with Crippen LogP contribution in [0.2, 0.25) is 0 Å². The summed E-state index contributed by atoms with van der Waals surface area (Å²) < 4.78 is 29.1. The first-order valence-corrected chi connectivity index (χ1v) is 12.5. The molecule has 172 valence electrons. The second kappa shape index (κ2) is 9.83. The molecule has 7 nitrogen and oxygen atoms in total. The predicted molar refractivity (Wildman–Crippen MR) is 120 cm³/mol. The summed E-state index contributed by atoms with van der Waals surface area (Å²) in [5.74, 6) is -1.37. The lowest BCUT2D eigenvalue weighted by atomic mass is 9.86. The number of hydrogen-bond donors (Lipinski definition) is 1. The normalized spacial score (nSPS) is 17.8. The molecule has 1 heterocycles. The topological polar surface area (TPSA) is 101 Å². The van der Waals surface area contributed by atoms with Gasteiger partial charge in [-0.3, -0.25) is 4.79 Å². The highest BCUT2D eigenvalue weighted by molar-refractivity contribution is 7.91. The monoisotopic (exact) mass is 459 g/mol. The number of aliphatic hydroxyl groups is 1. The Bertz CT molecular complexity index is 997. The van der Waals surface area contributed by atoms with Gasteiger partial charge in [0.1, 0.15) is 0 Å². The van der Waals surface area contributed by atoms with Crippen molar-refractivity contribution in [2.24, 2.45) is 5.92 Å². The van der Waals surface area contributed by atoms with E-state index in [2.05, 4.69) is 0 Å². The molecule has 8 heteroatoms. The van der Waals surface area contributed by atoms with E-state index in [-0.39, 0.29) is 17.4 Å². The Labute approximate surface area is 188 Å². The zero-order valence-electron chi connectivity index (χ0n) is 18.3. The fourth-order valence-corrected chi connectivity index (χ4v) is 5.68. The highest BCUT2D eigenvalue weighted by Crippen LogP contribution is 2.31. The van der Waals surface area contributed by atoms with Crippen LogP contribution in [0, 0.1) is 5.92 Å². The first-order valence-electron chi connectivity index (χ1n) is 10.6. The van der Waals surface area contributed by atoms with Crippen LogP contribution in [0.5, 0.6) is 0 Å². The molecule has 2 aromatic carbocycles. The molecular weight excluding hydrogens is 430 g/mol. The lowest BCUT2D eigenvalue weighted by Crippen LogP contribution is -2.46. The average molecular weight is 460 g/mol. The van der Waals surface area contributed by atoms with E-state index >= 15 is 0 Å². The molecule has 0 unspecified atom stereocenters. The van der Waals surface area contributed by atoms with Gasteiger partial charge in [0.25, 0.3) is 5.91 Å². The van der Waals surface area contributed by atoms with E-state index in [4.69, 9.17) is 4.74 Å². The number of amides is 1. The summed E-state index contributed by atoms with van der Waals surface area (Å²) in [4.78, 5) is 27.5. The van der Waals surface area contributed by atoms with E-state index in [0.717, 1.165) is 0 Å². The number of carbonyl (C=O) groups excluding carboxylic acids is 2. The summed E-state index contributed by atoms with van der Waals surface area (Å²) in [7, 11) is -3.18. The van der Waals surface area contributed by atoms with Crippen LogP contribution in [0.1, 0.15) is 31.4 Å². The van der Waals surface area contributed by atoms with Crippen molar-refractivity contribution in [2.75, 3.05) is 24.7 Å². The summed E-state index contributed by atoms with van der Waals surface area (Å²) in [5, 5.41) is 11.4. The molecule has 32 heavy (non-hydrogen) atoms. The maximum absolute atomic E-state index is 13.1. The standard InChI is InChI=1S/C24H29NO6S/c1-18(2)15-25(21-13-14-32(29,30)17-21)22(26)16-31-23(27)24(28,19-9-5-3-6-10-19)20-11-7-4-8-12-20/h3-12,18,21,28H,13-17H2,1-2H3/t21-/m0/s1. The van der Waals surface area contributed by atoms with Crippen molar-refractivity contribution in [3.05, 3.63) is 71.8 Å². The van der Waals surface area contributed by atoms with E-state index in [0.29, 0.717) is 24.1 Å². The van der Waals surface area contributed by atoms with Gasteiger partial charge in [0.05, 0.1) is 11.5 Å². The Morgan fingerprint density at radius 3 is 2.03 bits per heavy atom. The van der Waals surface area contributed by atoms with Crippen LogP contribution in [-0.4, -0.2) is 61.0 Å². The van der Waals surface area contributed by atoms with Gasteiger partial charge in [-0.1, -0.05) is 74.5 Å². The molecule has 0 aromatic heterocycles. The Morgan fingerprint density at radius 2 is 1.59 bits per heavy atom. The SMILES string of the molecule is CC(C)CN(C(=O)COC(=O)C(O)(c1ccccc1)c1ccccc1)[C@H]1CCS(=O)(=O)C1. The van der Waals surface area contributed by atoms with Gasteiger partial charge in [-0.05, 0) is 23.5 Å². The van der Waals surface area contributed by atoms with Crippen LogP contribution in [0.3, 0.4) is 0 Å². The predicted octanol–water partition coefficient (Wildman–Crippen LogP) is 2.14. The van der Waals surface area contributed by atoms with Gasteiger partial charge in [0.15, 0.2) is 16.4 Å². The molecule has 3 rings (SSSR count). The zero-order valence-corrected chi connectivity index (χ0v) is 19.1. The Morgan fingerprint density at radius 1 is 1.06 bits per heavy atom. The van der Waals surface area contributed by atoms with Crippen LogP contribution in [0.25, 0.3) is 0 Å². The van der Waals surface area contributed by atoms with E-state index in [1.54, 1.807) is 60.7 Å². The second-order valence-corrected chi connectivity index (χ2v) is 10.7. The minimum atomic E-state index is -3.18. The lowest BCUT2D eigenvalue weighted by molar-refractivity contribution is -0.167. The quantitative estimate of drug-likeness (QED) is 0.607. The number of esters is 1. The molecule has 0 radical (unpaired) electrons. The van der Waals surface area contributed by atoms with Crippen LogP contribution in [0.15, 0.2) is 60.7 Å². The number of carbonyl (C=O) groups is 2. The molecule has 1 saturated heterocycles. The first-order chi connectivity index (χ1) is 15.1. The summed E-state index contributed by atoms with van der Waals surface area (Å²) in [6, 6.07) is 16.4. The first kappa shape index (κ1) is 23.9. The van der Waals surface area contributed by atoms with Crippen molar-refractivity contribution < 1.29 is 27.9 Å². The lowest BCUT2D eigenvalue weighted by Gasteiger charge is -2.31. The summed E-state index contributed by atoms with van der Waals surface area (Å²) in [6.45, 7) is 3.64. The van der Waals surface area contributed by atoms with Gasteiger partial charge in [-0.2, -0.15) is 0 Å². The zero-order chi connectivity index (χ0) is 23.4. The molecule has 0 saturated carbocycles. The molecule has 2 aromatic rings. The van der Waals surface area contributed by atoms with Crippen LogP contribution >= 0.6 is 0 Å². The van der Waals surface area contributed by atoms with Gasteiger partial charge < -0.3 is 14.7 Å². The van der Waals surface area contributed by atoms with E-state index in [1.165, 1.54) is 4.90 Å². The Hall–Kier alpha value is -2.71. The summed E-state index contributed by atoms with van der Waals surface area (Å²) >= 11 is 0. The van der Waals surface area contributed by atoms with E-state index in [1.807, 2.05) is 13.8 Å².